The van der Waals surface area contributed by atoms with E-state index in [0.717, 1.165) is 5.69 Å². The fraction of sp³-hybridized carbons (Fsp3) is 0.500. The van der Waals surface area contributed by atoms with Crippen molar-refractivity contribution in [2.75, 3.05) is 20.1 Å². The fourth-order valence-corrected chi connectivity index (χ4v) is 1.73. The molecule has 0 aliphatic rings. The van der Waals surface area contributed by atoms with Gasteiger partial charge in [-0.15, -0.1) is 0 Å². The summed E-state index contributed by atoms with van der Waals surface area (Å²) >= 11 is 5.91. The van der Waals surface area contributed by atoms with Crippen LogP contribution >= 0.6 is 11.6 Å². The molecule has 0 aromatic carbocycles. The lowest BCUT2D eigenvalue weighted by Crippen LogP contribution is -2.38. The molecule has 6 heteroatoms. The van der Waals surface area contributed by atoms with Crippen LogP contribution in [0.2, 0.25) is 5.15 Å². The number of hydrogen-bond donors (Lipinski definition) is 1. The summed E-state index contributed by atoms with van der Waals surface area (Å²) in [4.78, 5) is 29.3. The average molecular weight is 298 g/mol. The van der Waals surface area contributed by atoms with Gasteiger partial charge >= 0.3 is 0 Å². The van der Waals surface area contributed by atoms with Gasteiger partial charge < -0.3 is 10.2 Å². The van der Waals surface area contributed by atoms with Crippen molar-refractivity contribution in [1.82, 2.24) is 15.2 Å². The molecule has 1 rings (SSSR count). The maximum Gasteiger partial charge on any atom is 0.251 e. The Morgan fingerprint density at radius 3 is 2.60 bits per heavy atom. The minimum Gasteiger partial charge on any atom is -0.345 e. The van der Waals surface area contributed by atoms with E-state index in [1.165, 1.54) is 6.07 Å². The zero-order chi connectivity index (χ0) is 15.3. The summed E-state index contributed by atoms with van der Waals surface area (Å²) in [5.74, 6) is -0.285. The first-order valence-corrected chi connectivity index (χ1v) is 6.92. The summed E-state index contributed by atoms with van der Waals surface area (Å²) in [6.07, 6.45) is 0. The number of hydrogen-bond acceptors (Lipinski definition) is 3. The third-order valence-corrected chi connectivity index (χ3v) is 3.16. The van der Waals surface area contributed by atoms with E-state index in [1.54, 1.807) is 18.0 Å². The van der Waals surface area contributed by atoms with Gasteiger partial charge in [0.05, 0.1) is 6.54 Å². The van der Waals surface area contributed by atoms with Crippen molar-refractivity contribution in [3.05, 3.63) is 28.5 Å². The molecule has 0 radical (unpaired) electrons. The predicted octanol–water partition coefficient (Wildman–Crippen LogP) is 2.07. The average Bonchev–Trinajstić information content (AvgIpc) is 2.42. The monoisotopic (exact) mass is 297 g/mol. The van der Waals surface area contributed by atoms with Gasteiger partial charge in [0.2, 0.25) is 5.91 Å². The Balaban J connectivity index is 2.75. The summed E-state index contributed by atoms with van der Waals surface area (Å²) in [6.45, 7) is 6.39. The largest absolute Gasteiger partial charge is 0.345 e. The summed E-state index contributed by atoms with van der Waals surface area (Å²) in [7, 11) is 1.69. The highest BCUT2D eigenvalue weighted by molar-refractivity contribution is 6.29. The smallest absolute Gasteiger partial charge is 0.251 e. The zero-order valence-electron chi connectivity index (χ0n) is 12.2. The molecular formula is C14H20ClN3O2. The van der Waals surface area contributed by atoms with Gasteiger partial charge in [0, 0.05) is 24.8 Å². The van der Waals surface area contributed by atoms with Crippen molar-refractivity contribution in [3.63, 3.8) is 0 Å². The Morgan fingerprint density at radius 1 is 1.40 bits per heavy atom. The first kappa shape index (κ1) is 16.4. The van der Waals surface area contributed by atoms with E-state index < -0.39 is 0 Å². The lowest BCUT2D eigenvalue weighted by molar-refractivity contribution is -0.128. The van der Waals surface area contributed by atoms with Crippen LogP contribution < -0.4 is 5.32 Å². The standard InChI is InChI=1S/C14H20ClN3O2/c1-5-18(4)13(19)8-16-14(20)10-6-11(9(2)3)17-12(15)7-10/h6-7,9H,5,8H2,1-4H3,(H,16,20). The number of rotatable bonds is 5. The number of carbonyl (C=O) groups excluding carboxylic acids is 2. The van der Waals surface area contributed by atoms with Crippen molar-refractivity contribution >= 4 is 23.4 Å². The molecule has 0 atom stereocenters. The lowest BCUT2D eigenvalue weighted by atomic mass is 10.1. The fourth-order valence-electron chi connectivity index (χ4n) is 1.51. The minimum absolute atomic E-state index is 0.0277. The number of halogens is 1. The van der Waals surface area contributed by atoms with Crippen LogP contribution in [0.1, 0.15) is 42.7 Å². The summed E-state index contributed by atoms with van der Waals surface area (Å²) in [5, 5.41) is 2.87. The molecule has 1 aromatic heterocycles. The number of carbonyl (C=O) groups is 2. The number of likely N-dealkylation sites (N-methyl/N-ethyl adjacent to an activating group) is 1. The van der Waals surface area contributed by atoms with Crippen LogP contribution in [0.4, 0.5) is 0 Å². The normalized spacial score (nSPS) is 10.5. The predicted molar refractivity (Wildman–Crippen MR) is 79.0 cm³/mol. The molecule has 2 amide bonds. The van der Waals surface area contributed by atoms with Gasteiger partial charge in [0.25, 0.3) is 5.91 Å². The van der Waals surface area contributed by atoms with Gasteiger partial charge in [-0.3, -0.25) is 9.59 Å². The van der Waals surface area contributed by atoms with E-state index >= 15 is 0 Å². The van der Waals surface area contributed by atoms with E-state index in [9.17, 15) is 9.59 Å². The Morgan fingerprint density at radius 2 is 2.05 bits per heavy atom. The van der Waals surface area contributed by atoms with Gasteiger partial charge in [-0.2, -0.15) is 0 Å². The molecule has 0 fully saturated rings. The summed E-state index contributed by atoms with van der Waals surface area (Å²) in [6, 6.07) is 3.19. The molecule has 110 valence electrons. The van der Waals surface area contributed by atoms with E-state index in [4.69, 9.17) is 11.6 Å². The zero-order valence-corrected chi connectivity index (χ0v) is 13.0. The van der Waals surface area contributed by atoms with Crippen LogP contribution in [0.15, 0.2) is 12.1 Å². The number of pyridine rings is 1. The van der Waals surface area contributed by atoms with Crippen LogP contribution in [0.5, 0.6) is 0 Å². The second-order valence-corrected chi connectivity index (χ2v) is 5.24. The Bertz CT molecular complexity index is 503. The summed E-state index contributed by atoms with van der Waals surface area (Å²) in [5.41, 5.74) is 1.17. The van der Waals surface area contributed by atoms with Crippen LogP contribution in [0.3, 0.4) is 0 Å². The molecule has 0 saturated heterocycles. The second-order valence-electron chi connectivity index (χ2n) is 4.85. The van der Waals surface area contributed by atoms with E-state index in [2.05, 4.69) is 10.3 Å². The molecule has 1 heterocycles. The quantitative estimate of drug-likeness (QED) is 0.846. The second kappa shape index (κ2) is 7.24. The summed E-state index contributed by atoms with van der Waals surface area (Å²) < 4.78 is 0. The van der Waals surface area contributed by atoms with Crippen LogP contribution in [-0.4, -0.2) is 41.8 Å². The third kappa shape index (κ3) is 4.49. The minimum atomic E-state index is -0.325. The highest BCUT2D eigenvalue weighted by Crippen LogP contribution is 2.17. The maximum absolute atomic E-state index is 12.0. The molecule has 1 N–H and O–H groups in total. The van der Waals surface area contributed by atoms with Crippen LogP contribution in [-0.2, 0) is 4.79 Å². The SMILES string of the molecule is CCN(C)C(=O)CNC(=O)c1cc(Cl)nc(C(C)C)c1. The molecule has 0 spiro atoms. The number of aromatic nitrogens is 1. The van der Waals surface area contributed by atoms with Crippen molar-refractivity contribution in [2.45, 2.75) is 26.7 Å². The van der Waals surface area contributed by atoms with Crippen LogP contribution in [0, 0.1) is 0 Å². The first-order valence-electron chi connectivity index (χ1n) is 6.54. The Kier molecular flexibility index (Phi) is 5.95. The topological polar surface area (TPSA) is 62.3 Å². The van der Waals surface area contributed by atoms with Crippen molar-refractivity contribution in [2.24, 2.45) is 0 Å². The van der Waals surface area contributed by atoms with Gasteiger partial charge in [-0.05, 0) is 25.0 Å². The van der Waals surface area contributed by atoms with Gasteiger partial charge in [0.15, 0.2) is 0 Å². The van der Waals surface area contributed by atoms with E-state index in [1.807, 2.05) is 20.8 Å². The van der Waals surface area contributed by atoms with E-state index in [0.29, 0.717) is 12.1 Å². The first-order chi connectivity index (χ1) is 9.35. The van der Waals surface area contributed by atoms with Gasteiger partial charge in [0.1, 0.15) is 5.15 Å². The lowest BCUT2D eigenvalue weighted by Gasteiger charge is -2.15. The molecule has 0 saturated carbocycles. The van der Waals surface area contributed by atoms with Crippen molar-refractivity contribution < 1.29 is 9.59 Å². The van der Waals surface area contributed by atoms with E-state index in [-0.39, 0.29) is 29.4 Å². The third-order valence-electron chi connectivity index (χ3n) is 2.97. The maximum atomic E-state index is 12.0. The number of nitrogens with zero attached hydrogens (tertiary/aromatic N) is 2. The molecule has 0 aliphatic heterocycles. The molecular weight excluding hydrogens is 278 g/mol. The number of nitrogens with one attached hydrogen (secondary N) is 1. The molecule has 0 aliphatic carbocycles. The van der Waals surface area contributed by atoms with Gasteiger partial charge in [-0.25, -0.2) is 4.98 Å². The Labute approximate surface area is 124 Å². The number of amides is 2. The molecule has 20 heavy (non-hydrogen) atoms. The van der Waals surface area contributed by atoms with Crippen molar-refractivity contribution in [3.8, 4) is 0 Å². The molecule has 1 aromatic rings. The molecule has 5 nitrogen and oxygen atoms in total. The Hall–Kier alpha value is -1.62. The molecule has 0 unspecified atom stereocenters. The highest BCUT2D eigenvalue weighted by atomic mass is 35.5. The van der Waals surface area contributed by atoms with Crippen molar-refractivity contribution in [1.29, 1.82) is 0 Å². The van der Waals surface area contributed by atoms with Gasteiger partial charge in [-0.1, -0.05) is 25.4 Å². The molecule has 0 bridgehead atoms. The van der Waals surface area contributed by atoms with Crippen LogP contribution in [0.25, 0.3) is 0 Å². The highest BCUT2D eigenvalue weighted by Gasteiger charge is 2.13.